The second-order valence-electron chi connectivity index (χ2n) is 5.01. The van der Waals surface area contributed by atoms with Gasteiger partial charge in [0.2, 0.25) is 10.0 Å². The highest BCUT2D eigenvalue weighted by molar-refractivity contribution is 7.89. The molecule has 0 aliphatic heterocycles. The number of aliphatic hydroxyl groups excluding tert-OH is 1. The summed E-state index contributed by atoms with van der Waals surface area (Å²) in [5.41, 5.74) is 6.06. The minimum atomic E-state index is -3.69. The van der Waals surface area contributed by atoms with Crippen LogP contribution >= 0.6 is 0 Å². The zero-order chi connectivity index (χ0) is 14.8. The largest absolute Gasteiger partial charge is 0.495 e. The fraction of sp³-hybridized carbons (Fsp3) is 0.538. The molecule has 0 radical (unpaired) electrons. The van der Waals surface area contributed by atoms with Gasteiger partial charge in [-0.05, 0) is 30.9 Å². The highest BCUT2D eigenvalue weighted by atomic mass is 32.2. The Labute approximate surface area is 119 Å². The van der Waals surface area contributed by atoms with Crippen LogP contribution < -0.4 is 15.2 Å². The third kappa shape index (κ3) is 3.05. The van der Waals surface area contributed by atoms with Crippen LogP contribution in [0.2, 0.25) is 0 Å². The van der Waals surface area contributed by atoms with Crippen LogP contribution in [0.3, 0.4) is 0 Å². The van der Waals surface area contributed by atoms with E-state index in [1.807, 2.05) is 0 Å². The van der Waals surface area contributed by atoms with Crippen LogP contribution in [-0.4, -0.2) is 33.3 Å². The summed E-state index contributed by atoms with van der Waals surface area (Å²) in [6.45, 7) is -0.00788. The minimum Gasteiger partial charge on any atom is -0.495 e. The lowest BCUT2D eigenvalue weighted by Crippen LogP contribution is -2.38. The fourth-order valence-electron chi connectivity index (χ4n) is 2.58. The number of rotatable bonds is 5. The quantitative estimate of drug-likeness (QED) is 0.695. The summed E-state index contributed by atoms with van der Waals surface area (Å²) in [4.78, 5) is 0.0674. The zero-order valence-corrected chi connectivity index (χ0v) is 12.2. The minimum absolute atomic E-state index is 0.00788. The van der Waals surface area contributed by atoms with E-state index in [4.69, 9.17) is 10.5 Å². The predicted octanol–water partition coefficient (Wildman–Crippen LogP) is 0.717. The average molecular weight is 300 g/mol. The van der Waals surface area contributed by atoms with Crippen LogP contribution in [0.15, 0.2) is 23.1 Å². The van der Waals surface area contributed by atoms with Crippen molar-refractivity contribution >= 4 is 15.7 Å². The van der Waals surface area contributed by atoms with Crippen molar-refractivity contribution < 1.29 is 18.3 Å². The summed E-state index contributed by atoms with van der Waals surface area (Å²) in [6.07, 6.45) is 2.49. The Kier molecular flexibility index (Phi) is 4.52. The van der Waals surface area contributed by atoms with Crippen LogP contribution in [-0.2, 0) is 10.0 Å². The number of nitrogens with two attached hydrogens (primary N) is 1. The Hall–Kier alpha value is -1.31. The molecule has 2 unspecified atom stereocenters. The molecule has 0 spiro atoms. The number of anilines is 1. The summed E-state index contributed by atoms with van der Waals surface area (Å²) in [6, 6.07) is 4.20. The van der Waals surface area contributed by atoms with Gasteiger partial charge in [0.05, 0.1) is 7.11 Å². The molecule has 0 heterocycles. The molecule has 0 saturated heterocycles. The molecule has 1 saturated carbocycles. The monoisotopic (exact) mass is 300 g/mol. The topological polar surface area (TPSA) is 102 Å². The number of hydrogen-bond acceptors (Lipinski definition) is 5. The summed E-state index contributed by atoms with van der Waals surface area (Å²) in [5, 5.41) is 9.26. The molecule has 20 heavy (non-hydrogen) atoms. The van der Waals surface area contributed by atoms with Crippen LogP contribution in [0, 0.1) is 5.92 Å². The van der Waals surface area contributed by atoms with E-state index in [0.717, 1.165) is 19.3 Å². The summed E-state index contributed by atoms with van der Waals surface area (Å²) in [5.74, 6) is 0.195. The molecule has 1 aliphatic carbocycles. The molecule has 1 aromatic carbocycles. The SMILES string of the molecule is COc1cc(N)ccc1S(=O)(=O)NC1CCCC1CO. The number of sulfonamides is 1. The number of aliphatic hydroxyl groups is 1. The van der Waals surface area contributed by atoms with Crippen molar-refractivity contribution in [1.29, 1.82) is 0 Å². The first-order valence-electron chi connectivity index (χ1n) is 6.54. The van der Waals surface area contributed by atoms with E-state index in [9.17, 15) is 13.5 Å². The molecule has 2 atom stereocenters. The van der Waals surface area contributed by atoms with Crippen molar-refractivity contribution in [2.24, 2.45) is 5.92 Å². The lowest BCUT2D eigenvalue weighted by molar-refractivity contribution is 0.213. The van der Waals surface area contributed by atoms with E-state index in [1.165, 1.54) is 25.3 Å². The third-order valence-electron chi connectivity index (χ3n) is 3.68. The van der Waals surface area contributed by atoms with Crippen molar-refractivity contribution in [3.63, 3.8) is 0 Å². The van der Waals surface area contributed by atoms with E-state index >= 15 is 0 Å². The Bertz CT molecular complexity index is 574. The fourth-order valence-corrected chi connectivity index (χ4v) is 4.07. The van der Waals surface area contributed by atoms with Gasteiger partial charge >= 0.3 is 0 Å². The van der Waals surface area contributed by atoms with Crippen molar-refractivity contribution in [2.75, 3.05) is 19.5 Å². The van der Waals surface area contributed by atoms with Gasteiger partial charge < -0.3 is 15.6 Å². The molecule has 4 N–H and O–H groups in total. The van der Waals surface area contributed by atoms with Crippen molar-refractivity contribution in [1.82, 2.24) is 4.72 Å². The molecular weight excluding hydrogens is 280 g/mol. The molecule has 1 aliphatic rings. The van der Waals surface area contributed by atoms with Gasteiger partial charge in [-0.2, -0.15) is 0 Å². The standard InChI is InChI=1S/C13H20N2O4S/c1-19-12-7-10(14)5-6-13(12)20(17,18)15-11-4-2-3-9(11)8-16/h5-7,9,11,15-16H,2-4,8,14H2,1H3. The molecular formula is C13H20N2O4S. The van der Waals surface area contributed by atoms with Crippen molar-refractivity contribution in [2.45, 2.75) is 30.2 Å². The number of hydrogen-bond donors (Lipinski definition) is 3. The highest BCUT2D eigenvalue weighted by Gasteiger charge is 2.31. The molecule has 0 bridgehead atoms. The normalized spacial score (nSPS) is 22.9. The lowest BCUT2D eigenvalue weighted by atomic mass is 10.1. The van der Waals surface area contributed by atoms with E-state index in [1.54, 1.807) is 0 Å². The van der Waals surface area contributed by atoms with Gasteiger partial charge in [-0.1, -0.05) is 6.42 Å². The zero-order valence-electron chi connectivity index (χ0n) is 11.4. The Morgan fingerprint density at radius 3 is 2.85 bits per heavy atom. The molecule has 0 amide bonds. The number of methoxy groups -OCH3 is 1. The van der Waals surface area contributed by atoms with E-state index in [2.05, 4.69) is 4.72 Å². The molecule has 6 nitrogen and oxygen atoms in total. The van der Waals surface area contributed by atoms with Gasteiger partial charge in [-0.25, -0.2) is 13.1 Å². The lowest BCUT2D eigenvalue weighted by Gasteiger charge is -2.20. The number of ether oxygens (including phenoxy) is 1. The Balaban J connectivity index is 2.26. The van der Waals surface area contributed by atoms with Gasteiger partial charge in [-0.15, -0.1) is 0 Å². The Morgan fingerprint density at radius 2 is 2.20 bits per heavy atom. The number of nitrogen functional groups attached to an aromatic ring is 1. The summed E-state index contributed by atoms with van der Waals surface area (Å²) in [7, 11) is -2.29. The molecule has 112 valence electrons. The average Bonchev–Trinajstić information content (AvgIpc) is 2.84. The van der Waals surface area contributed by atoms with Crippen LogP contribution in [0.25, 0.3) is 0 Å². The van der Waals surface area contributed by atoms with E-state index in [-0.39, 0.29) is 29.2 Å². The van der Waals surface area contributed by atoms with Crippen molar-refractivity contribution in [3.05, 3.63) is 18.2 Å². The van der Waals surface area contributed by atoms with Crippen LogP contribution in [0.4, 0.5) is 5.69 Å². The molecule has 0 aromatic heterocycles. The number of benzene rings is 1. The number of nitrogens with one attached hydrogen (secondary N) is 1. The predicted molar refractivity (Wildman–Crippen MR) is 75.9 cm³/mol. The van der Waals surface area contributed by atoms with Gasteiger partial charge in [0.15, 0.2) is 0 Å². The second kappa shape index (κ2) is 5.99. The molecule has 2 rings (SSSR count). The Morgan fingerprint density at radius 1 is 1.45 bits per heavy atom. The summed E-state index contributed by atoms with van der Waals surface area (Å²) < 4.78 is 32.6. The first-order valence-corrected chi connectivity index (χ1v) is 8.03. The molecule has 7 heteroatoms. The maximum absolute atomic E-state index is 12.4. The highest BCUT2D eigenvalue weighted by Crippen LogP contribution is 2.30. The first kappa shape index (κ1) is 15.1. The summed E-state index contributed by atoms with van der Waals surface area (Å²) >= 11 is 0. The molecule has 1 fully saturated rings. The first-order chi connectivity index (χ1) is 9.47. The van der Waals surface area contributed by atoms with E-state index < -0.39 is 10.0 Å². The van der Waals surface area contributed by atoms with Crippen LogP contribution in [0.1, 0.15) is 19.3 Å². The third-order valence-corrected chi connectivity index (χ3v) is 5.21. The van der Waals surface area contributed by atoms with Gasteiger partial charge in [0, 0.05) is 24.4 Å². The molecule has 1 aromatic rings. The maximum atomic E-state index is 12.4. The van der Waals surface area contributed by atoms with Gasteiger partial charge in [0.25, 0.3) is 0 Å². The van der Waals surface area contributed by atoms with E-state index in [0.29, 0.717) is 5.69 Å². The smallest absolute Gasteiger partial charge is 0.244 e. The van der Waals surface area contributed by atoms with Crippen LogP contribution in [0.5, 0.6) is 5.75 Å². The van der Waals surface area contributed by atoms with Gasteiger partial charge in [0.1, 0.15) is 10.6 Å². The maximum Gasteiger partial charge on any atom is 0.244 e. The van der Waals surface area contributed by atoms with Crippen molar-refractivity contribution in [3.8, 4) is 5.75 Å². The second-order valence-corrected chi connectivity index (χ2v) is 6.69. The van der Waals surface area contributed by atoms with Gasteiger partial charge in [-0.3, -0.25) is 0 Å².